The van der Waals surface area contributed by atoms with Crippen molar-refractivity contribution in [2.75, 3.05) is 5.32 Å². The van der Waals surface area contributed by atoms with E-state index in [9.17, 15) is 10.1 Å². The molecular weight excluding hydrogens is 298 g/mol. The molecule has 1 aromatic carbocycles. The molecule has 1 fully saturated rings. The molecule has 0 atom stereocenters. The van der Waals surface area contributed by atoms with Crippen LogP contribution < -0.4 is 10.6 Å². The van der Waals surface area contributed by atoms with Gasteiger partial charge in [-0.25, -0.2) is 0 Å². The Kier molecular flexibility index (Phi) is 6.29. The molecule has 0 bridgehead atoms. The van der Waals surface area contributed by atoms with Crippen LogP contribution in [0.1, 0.15) is 38.5 Å². The second kappa shape index (κ2) is 8.45. The predicted octanol–water partition coefficient (Wildman–Crippen LogP) is 4.00. The van der Waals surface area contributed by atoms with Crippen molar-refractivity contribution in [2.45, 2.75) is 44.6 Å². The molecule has 1 amide bonds. The van der Waals surface area contributed by atoms with E-state index in [1.807, 2.05) is 6.07 Å². The summed E-state index contributed by atoms with van der Waals surface area (Å²) in [5.41, 5.74) is 0.564. The average Bonchev–Trinajstić information content (AvgIpc) is 2.79. The maximum absolute atomic E-state index is 12.1. The zero-order chi connectivity index (χ0) is 15.8. The number of nitrogens with one attached hydrogen (secondary N) is 2. The van der Waals surface area contributed by atoms with Crippen LogP contribution in [-0.4, -0.2) is 11.9 Å². The number of carbonyl (C=O) groups is 1. The standard InChI is InChI=1S/C17H20ClN3O/c18-15-9-5-6-10-16(15)21-17(22)13(11-19)12-20-14-7-3-1-2-4-8-14/h5-6,9-10,12,14,20H,1-4,7-8H2,(H,21,22)/b13-12-. The summed E-state index contributed by atoms with van der Waals surface area (Å²) in [5.74, 6) is -0.447. The van der Waals surface area contributed by atoms with Gasteiger partial charge >= 0.3 is 0 Å². The third kappa shape index (κ3) is 4.78. The first-order valence-electron chi connectivity index (χ1n) is 7.63. The van der Waals surface area contributed by atoms with Crippen LogP contribution in [0.3, 0.4) is 0 Å². The van der Waals surface area contributed by atoms with E-state index in [0.717, 1.165) is 12.8 Å². The average molecular weight is 318 g/mol. The van der Waals surface area contributed by atoms with E-state index in [2.05, 4.69) is 10.6 Å². The highest BCUT2D eigenvalue weighted by molar-refractivity contribution is 6.33. The lowest BCUT2D eigenvalue weighted by Gasteiger charge is -2.14. The lowest BCUT2D eigenvalue weighted by molar-refractivity contribution is -0.112. The Morgan fingerprint density at radius 3 is 2.55 bits per heavy atom. The van der Waals surface area contributed by atoms with Gasteiger partial charge in [0.15, 0.2) is 0 Å². The molecule has 1 saturated carbocycles. The minimum atomic E-state index is -0.447. The van der Waals surface area contributed by atoms with E-state index in [-0.39, 0.29) is 5.57 Å². The quantitative estimate of drug-likeness (QED) is 0.501. The molecule has 1 aliphatic carbocycles. The van der Waals surface area contributed by atoms with Gasteiger partial charge in [0.1, 0.15) is 11.6 Å². The first kappa shape index (κ1) is 16.4. The molecule has 2 N–H and O–H groups in total. The van der Waals surface area contributed by atoms with Crippen LogP contribution in [-0.2, 0) is 4.79 Å². The fraction of sp³-hybridized carbons (Fsp3) is 0.412. The van der Waals surface area contributed by atoms with E-state index < -0.39 is 5.91 Å². The van der Waals surface area contributed by atoms with Gasteiger partial charge in [-0.2, -0.15) is 5.26 Å². The normalized spacial score (nSPS) is 16.5. The van der Waals surface area contributed by atoms with Gasteiger partial charge in [-0.1, -0.05) is 49.4 Å². The lowest BCUT2D eigenvalue weighted by atomic mass is 10.1. The summed E-state index contributed by atoms with van der Waals surface area (Å²) in [4.78, 5) is 12.1. The molecule has 0 heterocycles. The highest BCUT2D eigenvalue weighted by Gasteiger charge is 2.14. The second-order valence-electron chi connectivity index (χ2n) is 5.46. The van der Waals surface area contributed by atoms with Gasteiger partial charge in [0, 0.05) is 12.2 Å². The molecule has 116 valence electrons. The van der Waals surface area contributed by atoms with Crippen molar-refractivity contribution in [2.24, 2.45) is 0 Å². The van der Waals surface area contributed by atoms with Crippen LogP contribution in [0, 0.1) is 11.3 Å². The zero-order valence-corrected chi connectivity index (χ0v) is 13.2. The van der Waals surface area contributed by atoms with E-state index in [0.29, 0.717) is 16.8 Å². The number of halogens is 1. The molecule has 1 aliphatic rings. The van der Waals surface area contributed by atoms with Crippen LogP contribution in [0.2, 0.25) is 5.02 Å². The highest BCUT2D eigenvalue weighted by Crippen LogP contribution is 2.21. The molecule has 0 spiro atoms. The molecule has 2 rings (SSSR count). The Morgan fingerprint density at radius 2 is 1.91 bits per heavy atom. The number of benzene rings is 1. The lowest BCUT2D eigenvalue weighted by Crippen LogP contribution is -2.25. The molecule has 1 aromatic rings. The van der Waals surface area contributed by atoms with E-state index in [1.54, 1.807) is 24.3 Å². The van der Waals surface area contributed by atoms with Crippen molar-refractivity contribution in [1.29, 1.82) is 5.26 Å². The van der Waals surface area contributed by atoms with Gasteiger partial charge in [0.25, 0.3) is 5.91 Å². The van der Waals surface area contributed by atoms with E-state index >= 15 is 0 Å². The van der Waals surface area contributed by atoms with Crippen molar-refractivity contribution in [1.82, 2.24) is 5.32 Å². The van der Waals surface area contributed by atoms with Gasteiger partial charge in [0.2, 0.25) is 0 Å². The minimum absolute atomic E-state index is 0.0594. The van der Waals surface area contributed by atoms with E-state index in [1.165, 1.54) is 31.9 Å². The highest BCUT2D eigenvalue weighted by atomic mass is 35.5. The summed E-state index contributed by atoms with van der Waals surface area (Å²) < 4.78 is 0. The Bertz CT molecular complexity index is 584. The predicted molar refractivity (Wildman–Crippen MR) is 88.4 cm³/mol. The number of hydrogen-bond acceptors (Lipinski definition) is 3. The number of carbonyl (C=O) groups excluding carboxylic acids is 1. The molecule has 0 aliphatic heterocycles. The van der Waals surface area contributed by atoms with Gasteiger partial charge < -0.3 is 10.6 Å². The van der Waals surface area contributed by atoms with Gasteiger partial charge in [0.05, 0.1) is 10.7 Å². The minimum Gasteiger partial charge on any atom is -0.387 e. The molecule has 0 radical (unpaired) electrons. The monoisotopic (exact) mass is 317 g/mol. The first-order chi connectivity index (χ1) is 10.7. The summed E-state index contributed by atoms with van der Waals surface area (Å²) >= 11 is 6.00. The third-order valence-corrected chi connectivity index (χ3v) is 4.14. The summed E-state index contributed by atoms with van der Waals surface area (Å²) in [6, 6.07) is 9.24. The van der Waals surface area contributed by atoms with Crippen LogP contribution >= 0.6 is 11.6 Å². The summed E-state index contributed by atoms with van der Waals surface area (Å²) in [6.07, 6.45) is 8.61. The molecule has 5 heteroatoms. The third-order valence-electron chi connectivity index (χ3n) is 3.81. The molecule has 0 saturated heterocycles. The number of nitrogens with zero attached hydrogens (tertiary/aromatic N) is 1. The number of hydrogen-bond donors (Lipinski definition) is 2. The number of rotatable bonds is 4. The topological polar surface area (TPSA) is 64.9 Å². The maximum Gasteiger partial charge on any atom is 0.267 e. The van der Waals surface area contributed by atoms with Crippen LogP contribution in [0.15, 0.2) is 36.0 Å². The van der Waals surface area contributed by atoms with Crippen LogP contribution in [0.4, 0.5) is 5.69 Å². The fourth-order valence-corrected chi connectivity index (χ4v) is 2.73. The van der Waals surface area contributed by atoms with Crippen molar-refractivity contribution in [3.05, 3.63) is 41.1 Å². The SMILES string of the molecule is N#C/C(=C/NC1CCCCCC1)C(=O)Nc1ccccc1Cl. The molecule has 0 unspecified atom stereocenters. The Morgan fingerprint density at radius 1 is 1.23 bits per heavy atom. The smallest absolute Gasteiger partial charge is 0.267 e. The van der Waals surface area contributed by atoms with Crippen LogP contribution in [0.25, 0.3) is 0 Å². The summed E-state index contributed by atoms with van der Waals surface area (Å²) in [6.45, 7) is 0. The fourth-order valence-electron chi connectivity index (χ4n) is 2.55. The van der Waals surface area contributed by atoms with Crippen LogP contribution in [0.5, 0.6) is 0 Å². The molecule has 22 heavy (non-hydrogen) atoms. The number of para-hydroxylation sites is 1. The van der Waals surface area contributed by atoms with Gasteiger partial charge in [-0.3, -0.25) is 4.79 Å². The van der Waals surface area contributed by atoms with Crippen molar-refractivity contribution in [3.8, 4) is 6.07 Å². The molecular formula is C17H20ClN3O. The van der Waals surface area contributed by atoms with Gasteiger partial charge in [-0.05, 0) is 25.0 Å². The summed E-state index contributed by atoms with van der Waals surface area (Å²) in [5, 5.41) is 15.5. The van der Waals surface area contributed by atoms with E-state index in [4.69, 9.17) is 11.6 Å². The van der Waals surface area contributed by atoms with Crippen molar-refractivity contribution < 1.29 is 4.79 Å². The molecule has 4 nitrogen and oxygen atoms in total. The number of anilines is 1. The number of amides is 1. The Hall–Kier alpha value is -1.99. The number of nitriles is 1. The van der Waals surface area contributed by atoms with Crippen molar-refractivity contribution >= 4 is 23.2 Å². The Balaban J connectivity index is 1.98. The van der Waals surface area contributed by atoms with Crippen molar-refractivity contribution in [3.63, 3.8) is 0 Å². The maximum atomic E-state index is 12.1. The zero-order valence-electron chi connectivity index (χ0n) is 12.4. The summed E-state index contributed by atoms with van der Waals surface area (Å²) in [7, 11) is 0. The largest absolute Gasteiger partial charge is 0.387 e. The van der Waals surface area contributed by atoms with Gasteiger partial charge in [-0.15, -0.1) is 0 Å². The molecule has 0 aromatic heterocycles. The Labute approximate surface area is 136 Å². The first-order valence-corrected chi connectivity index (χ1v) is 8.00. The second-order valence-corrected chi connectivity index (χ2v) is 5.87.